The molecule has 2 rings (SSSR count). The topological polar surface area (TPSA) is 49.2 Å². The summed E-state index contributed by atoms with van der Waals surface area (Å²) in [5, 5.41) is 10.5. The number of nitrogens with zero attached hydrogens (tertiary/aromatic N) is 3. The molecule has 1 aromatic heterocycles. The third kappa shape index (κ3) is 2.93. The zero-order chi connectivity index (χ0) is 13.2. The van der Waals surface area contributed by atoms with Gasteiger partial charge in [-0.25, -0.2) is 9.97 Å². The van der Waals surface area contributed by atoms with E-state index in [1.807, 2.05) is 6.92 Å². The Labute approximate surface area is 113 Å². The third-order valence-corrected chi connectivity index (χ3v) is 3.84. The summed E-state index contributed by atoms with van der Waals surface area (Å²) in [7, 11) is 0. The Kier molecular flexibility index (Phi) is 4.07. The molecule has 2 heterocycles. The minimum atomic E-state index is -0.543. The van der Waals surface area contributed by atoms with Crippen LogP contribution in [0.3, 0.4) is 0 Å². The van der Waals surface area contributed by atoms with Crippen LogP contribution in [0.15, 0.2) is 6.33 Å². The largest absolute Gasteiger partial charge is 0.390 e. The lowest BCUT2D eigenvalue weighted by Gasteiger charge is -2.37. The molecule has 0 bridgehead atoms. The van der Waals surface area contributed by atoms with E-state index in [2.05, 4.69) is 21.8 Å². The molecule has 100 valence electrons. The second-order valence-corrected chi connectivity index (χ2v) is 5.56. The molecule has 1 saturated heterocycles. The highest BCUT2D eigenvalue weighted by Crippen LogP contribution is 2.29. The molecule has 4 nitrogen and oxygen atoms in total. The highest BCUT2D eigenvalue weighted by molar-refractivity contribution is 6.30. The Hall–Kier alpha value is -0.870. The molecule has 0 amide bonds. The molecule has 1 N–H and O–H groups in total. The number of piperidine rings is 1. The third-order valence-electron chi connectivity index (χ3n) is 3.51. The van der Waals surface area contributed by atoms with Crippen LogP contribution in [-0.2, 0) is 6.42 Å². The van der Waals surface area contributed by atoms with E-state index in [0.29, 0.717) is 5.15 Å². The van der Waals surface area contributed by atoms with Crippen molar-refractivity contribution < 1.29 is 5.11 Å². The van der Waals surface area contributed by atoms with E-state index in [-0.39, 0.29) is 0 Å². The molecular formula is C13H20ClN3O. The number of aromatic nitrogens is 2. The van der Waals surface area contributed by atoms with E-state index in [0.717, 1.165) is 50.2 Å². The predicted molar refractivity (Wildman–Crippen MR) is 73.1 cm³/mol. The number of hydrogen-bond donors (Lipinski definition) is 1. The van der Waals surface area contributed by atoms with Crippen molar-refractivity contribution in [3.8, 4) is 0 Å². The lowest BCUT2D eigenvalue weighted by atomic mass is 9.93. The molecule has 0 saturated carbocycles. The molecule has 5 heteroatoms. The van der Waals surface area contributed by atoms with Crippen LogP contribution in [-0.4, -0.2) is 33.8 Å². The zero-order valence-electron chi connectivity index (χ0n) is 11.0. The SMILES string of the molecule is CCCc1c(Cl)ncnc1N1CCC(C)(O)CC1. The lowest BCUT2D eigenvalue weighted by molar-refractivity contribution is 0.0350. The average molecular weight is 270 g/mol. The molecule has 1 aliphatic rings. The maximum Gasteiger partial charge on any atom is 0.137 e. The fourth-order valence-electron chi connectivity index (χ4n) is 2.32. The Bertz CT molecular complexity index is 413. The average Bonchev–Trinajstić information content (AvgIpc) is 2.32. The van der Waals surface area contributed by atoms with Gasteiger partial charge in [0.05, 0.1) is 5.60 Å². The summed E-state index contributed by atoms with van der Waals surface area (Å²) in [6.07, 6.45) is 4.96. The van der Waals surface area contributed by atoms with E-state index in [1.54, 1.807) is 0 Å². The Morgan fingerprint density at radius 3 is 2.67 bits per heavy atom. The molecule has 1 aliphatic heterocycles. The minimum absolute atomic E-state index is 0.543. The lowest BCUT2D eigenvalue weighted by Crippen LogP contribution is -2.43. The van der Waals surface area contributed by atoms with Gasteiger partial charge in [-0.1, -0.05) is 24.9 Å². The predicted octanol–water partition coefficient (Wildman–Crippen LogP) is 2.43. The molecule has 0 aliphatic carbocycles. The second kappa shape index (κ2) is 5.41. The van der Waals surface area contributed by atoms with Crippen LogP contribution in [0.4, 0.5) is 5.82 Å². The molecule has 0 radical (unpaired) electrons. The quantitative estimate of drug-likeness (QED) is 0.857. The maximum absolute atomic E-state index is 9.98. The van der Waals surface area contributed by atoms with Crippen LogP contribution >= 0.6 is 11.6 Å². The van der Waals surface area contributed by atoms with Crippen LogP contribution in [0.1, 0.15) is 38.7 Å². The van der Waals surface area contributed by atoms with E-state index >= 15 is 0 Å². The van der Waals surface area contributed by atoms with E-state index in [1.165, 1.54) is 6.33 Å². The van der Waals surface area contributed by atoms with E-state index in [4.69, 9.17) is 11.6 Å². The molecule has 0 unspecified atom stereocenters. The number of rotatable bonds is 3. The first-order chi connectivity index (χ1) is 8.53. The first kappa shape index (κ1) is 13.6. The second-order valence-electron chi connectivity index (χ2n) is 5.20. The van der Waals surface area contributed by atoms with Gasteiger partial charge in [-0.15, -0.1) is 0 Å². The number of halogens is 1. The highest BCUT2D eigenvalue weighted by atomic mass is 35.5. The van der Waals surface area contributed by atoms with Crippen molar-refractivity contribution in [2.24, 2.45) is 0 Å². The molecule has 0 atom stereocenters. The molecule has 0 aromatic carbocycles. The summed E-state index contributed by atoms with van der Waals surface area (Å²) >= 11 is 6.16. The van der Waals surface area contributed by atoms with Crippen molar-refractivity contribution in [2.45, 2.75) is 45.1 Å². The van der Waals surface area contributed by atoms with Crippen LogP contribution in [0.5, 0.6) is 0 Å². The number of hydrogen-bond acceptors (Lipinski definition) is 4. The van der Waals surface area contributed by atoms with E-state index in [9.17, 15) is 5.11 Å². The van der Waals surface area contributed by atoms with Crippen LogP contribution < -0.4 is 4.90 Å². The van der Waals surface area contributed by atoms with Crippen molar-refractivity contribution >= 4 is 17.4 Å². The van der Waals surface area contributed by atoms with Gasteiger partial charge in [0.1, 0.15) is 17.3 Å². The highest BCUT2D eigenvalue weighted by Gasteiger charge is 2.29. The van der Waals surface area contributed by atoms with Crippen molar-refractivity contribution in [3.05, 3.63) is 17.0 Å². The molecule has 18 heavy (non-hydrogen) atoms. The van der Waals surface area contributed by atoms with Gasteiger partial charge in [0.25, 0.3) is 0 Å². The standard InChI is InChI=1S/C13H20ClN3O/c1-3-4-10-11(14)15-9-16-12(10)17-7-5-13(2,18)6-8-17/h9,18H,3-8H2,1-2H3. The summed E-state index contributed by atoms with van der Waals surface area (Å²) in [5.41, 5.74) is 0.487. The first-order valence-corrected chi connectivity index (χ1v) is 6.88. The first-order valence-electron chi connectivity index (χ1n) is 6.50. The van der Waals surface area contributed by atoms with Gasteiger partial charge in [-0.2, -0.15) is 0 Å². The summed E-state index contributed by atoms with van der Waals surface area (Å²) in [5.74, 6) is 0.937. The summed E-state index contributed by atoms with van der Waals surface area (Å²) in [4.78, 5) is 10.6. The van der Waals surface area contributed by atoms with Crippen molar-refractivity contribution in [1.29, 1.82) is 0 Å². The Balaban J connectivity index is 2.21. The molecule has 0 spiro atoms. The fraction of sp³-hybridized carbons (Fsp3) is 0.692. The van der Waals surface area contributed by atoms with Crippen molar-refractivity contribution in [3.63, 3.8) is 0 Å². The van der Waals surface area contributed by atoms with Gasteiger partial charge >= 0.3 is 0 Å². The summed E-state index contributed by atoms with van der Waals surface area (Å²) < 4.78 is 0. The summed E-state index contributed by atoms with van der Waals surface area (Å²) in [6, 6.07) is 0. The molecule has 1 fully saturated rings. The van der Waals surface area contributed by atoms with Gasteiger partial charge < -0.3 is 10.0 Å². The normalized spacial score (nSPS) is 19.0. The fourth-order valence-corrected chi connectivity index (χ4v) is 2.54. The van der Waals surface area contributed by atoms with Crippen LogP contribution in [0.2, 0.25) is 5.15 Å². The Morgan fingerprint density at radius 2 is 2.06 bits per heavy atom. The van der Waals surface area contributed by atoms with Gasteiger partial charge in [-0.05, 0) is 26.2 Å². The molecule has 1 aromatic rings. The van der Waals surface area contributed by atoms with Crippen LogP contribution in [0.25, 0.3) is 0 Å². The molecular weight excluding hydrogens is 250 g/mol. The maximum atomic E-state index is 9.98. The van der Waals surface area contributed by atoms with Crippen molar-refractivity contribution in [2.75, 3.05) is 18.0 Å². The van der Waals surface area contributed by atoms with E-state index < -0.39 is 5.60 Å². The van der Waals surface area contributed by atoms with Gasteiger partial charge in [-0.3, -0.25) is 0 Å². The smallest absolute Gasteiger partial charge is 0.137 e. The number of anilines is 1. The zero-order valence-corrected chi connectivity index (χ0v) is 11.7. The van der Waals surface area contributed by atoms with Gasteiger partial charge in [0.2, 0.25) is 0 Å². The minimum Gasteiger partial charge on any atom is -0.390 e. The van der Waals surface area contributed by atoms with Crippen molar-refractivity contribution in [1.82, 2.24) is 9.97 Å². The Morgan fingerprint density at radius 1 is 1.39 bits per heavy atom. The monoisotopic (exact) mass is 269 g/mol. The van der Waals surface area contributed by atoms with Gasteiger partial charge in [0.15, 0.2) is 0 Å². The van der Waals surface area contributed by atoms with Crippen LogP contribution in [0, 0.1) is 0 Å². The summed E-state index contributed by atoms with van der Waals surface area (Å²) in [6.45, 7) is 5.65. The number of aliphatic hydroxyl groups is 1. The van der Waals surface area contributed by atoms with Gasteiger partial charge in [0, 0.05) is 18.7 Å².